The topological polar surface area (TPSA) is 33.0 Å². The first-order valence-corrected chi connectivity index (χ1v) is 4.94. The summed E-state index contributed by atoms with van der Waals surface area (Å²) in [5.41, 5.74) is 0. The maximum atomic E-state index is 8.68. The third-order valence-corrected chi connectivity index (χ3v) is 2.42. The summed E-state index contributed by atoms with van der Waals surface area (Å²) >= 11 is 11.5. The van der Waals surface area contributed by atoms with Crippen LogP contribution in [0.3, 0.4) is 0 Å². The minimum absolute atomic E-state index is 0.428. The Morgan fingerprint density at radius 3 is 2.64 bits per heavy atom. The number of hydrogen-bond donors (Lipinski definition) is 0. The molecule has 0 spiro atoms. The number of rotatable bonds is 3. The fourth-order valence-electron chi connectivity index (χ4n) is 0.915. The lowest BCUT2D eigenvalue weighted by Crippen LogP contribution is -2.11. The van der Waals surface area contributed by atoms with Crippen LogP contribution >= 0.6 is 23.2 Å². The Morgan fingerprint density at radius 2 is 2.14 bits per heavy atom. The highest BCUT2D eigenvalue weighted by molar-refractivity contribution is 6.42. The predicted molar refractivity (Wildman–Crippen MR) is 56.8 cm³/mol. The summed E-state index contributed by atoms with van der Waals surface area (Å²) in [4.78, 5) is 0. The zero-order valence-electron chi connectivity index (χ0n) is 7.63. The van der Waals surface area contributed by atoms with Gasteiger partial charge < -0.3 is 4.74 Å². The van der Waals surface area contributed by atoms with Gasteiger partial charge in [-0.2, -0.15) is 5.26 Å². The molecule has 4 heteroatoms. The lowest BCUT2D eigenvalue weighted by Gasteiger charge is -2.10. The highest BCUT2D eigenvalue weighted by Gasteiger charge is 2.07. The second-order valence-electron chi connectivity index (χ2n) is 2.72. The highest BCUT2D eigenvalue weighted by atomic mass is 35.5. The van der Waals surface area contributed by atoms with E-state index in [0.717, 1.165) is 0 Å². The number of nitriles is 1. The van der Waals surface area contributed by atoms with Gasteiger partial charge in [0.2, 0.25) is 0 Å². The summed E-state index contributed by atoms with van der Waals surface area (Å²) < 4.78 is 5.34. The molecular weight excluding hydrogens is 221 g/mol. The average Bonchev–Trinajstić information content (AvgIpc) is 2.19. The van der Waals surface area contributed by atoms with Crippen molar-refractivity contribution in [3.8, 4) is 11.8 Å². The standard InChI is InChI=1S/C10H9Cl2NO/c1-2-7(6-13)14-8-3-4-9(11)10(12)5-8/h3-5,7H,2H2,1H3. The van der Waals surface area contributed by atoms with Crippen LogP contribution in [0.4, 0.5) is 0 Å². The van der Waals surface area contributed by atoms with Gasteiger partial charge in [-0.05, 0) is 18.6 Å². The molecule has 14 heavy (non-hydrogen) atoms. The lowest BCUT2D eigenvalue weighted by atomic mass is 10.3. The minimum Gasteiger partial charge on any atom is -0.476 e. The second kappa shape index (κ2) is 5.09. The first-order valence-electron chi connectivity index (χ1n) is 4.18. The summed E-state index contributed by atoms with van der Waals surface area (Å²) in [7, 11) is 0. The summed E-state index contributed by atoms with van der Waals surface area (Å²) in [6.07, 6.45) is 0.198. The van der Waals surface area contributed by atoms with E-state index in [0.29, 0.717) is 22.2 Å². The normalized spacial score (nSPS) is 11.9. The fraction of sp³-hybridized carbons (Fsp3) is 0.300. The Hall–Kier alpha value is -0.910. The molecule has 74 valence electrons. The van der Waals surface area contributed by atoms with Crippen molar-refractivity contribution in [1.82, 2.24) is 0 Å². The van der Waals surface area contributed by atoms with E-state index in [4.69, 9.17) is 33.2 Å². The quantitative estimate of drug-likeness (QED) is 0.793. The van der Waals surface area contributed by atoms with Crippen molar-refractivity contribution in [2.24, 2.45) is 0 Å². The van der Waals surface area contributed by atoms with E-state index in [1.54, 1.807) is 18.2 Å². The van der Waals surface area contributed by atoms with Crippen molar-refractivity contribution in [2.45, 2.75) is 19.4 Å². The molecule has 0 radical (unpaired) electrons. The molecule has 1 rings (SSSR count). The molecule has 0 aliphatic heterocycles. The first kappa shape index (κ1) is 11.2. The summed E-state index contributed by atoms with van der Waals surface area (Å²) in [5, 5.41) is 9.58. The largest absolute Gasteiger partial charge is 0.476 e. The molecule has 1 atom stereocenters. The molecule has 0 aromatic heterocycles. The number of benzene rings is 1. The Labute approximate surface area is 93.0 Å². The smallest absolute Gasteiger partial charge is 0.184 e. The van der Waals surface area contributed by atoms with Crippen molar-refractivity contribution < 1.29 is 4.74 Å². The monoisotopic (exact) mass is 229 g/mol. The number of nitrogens with zero attached hydrogens (tertiary/aromatic N) is 1. The van der Waals surface area contributed by atoms with Crippen molar-refractivity contribution in [3.05, 3.63) is 28.2 Å². The molecule has 0 aliphatic carbocycles. The minimum atomic E-state index is -0.438. The van der Waals surface area contributed by atoms with E-state index < -0.39 is 6.10 Å². The van der Waals surface area contributed by atoms with Gasteiger partial charge in [0, 0.05) is 6.07 Å². The fourth-order valence-corrected chi connectivity index (χ4v) is 1.20. The Kier molecular flexibility index (Phi) is 4.06. The van der Waals surface area contributed by atoms with Crippen LogP contribution in [0.15, 0.2) is 18.2 Å². The first-order chi connectivity index (χ1) is 6.67. The number of hydrogen-bond acceptors (Lipinski definition) is 2. The van der Waals surface area contributed by atoms with Crippen molar-refractivity contribution in [2.75, 3.05) is 0 Å². The maximum Gasteiger partial charge on any atom is 0.184 e. The van der Waals surface area contributed by atoms with Gasteiger partial charge in [0.05, 0.1) is 10.0 Å². The van der Waals surface area contributed by atoms with Crippen LogP contribution in [0, 0.1) is 11.3 Å². The van der Waals surface area contributed by atoms with Crippen LogP contribution in [0.1, 0.15) is 13.3 Å². The third kappa shape index (κ3) is 2.80. The van der Waals surface area contributed by atoms with Crippen LogP contribution in [-0.4, -0.2) is 6.10 Å². The van der Waals surface area contributed by atoms with Gasteiger partial charge in [0.25, 0.3) is 0 Å². The second-order valence-corrected chi connectivity index (χ2v) is 3.53. The molecule has 1 unspecified atom stereocenters. The van der Waals surface area contributed by atoms with Crippen molar-refractivity contribution in [3.63, 3.8) is 0 Å². The molecule has 0 N–H and O–H groups in total. The molecule has 2 nitrogen and oxygen atoms in total. The molecule has 0 aliphatic rings. The van der Waals surface area contributed by atoms with E-state index in [9.17, 15) is 0 Å². The molecule has 0 saturated heterocycles. The van der Waals surface area contributed by atoms with Gasteiger partial charge in [-0.25, -0.2) is 0 Å². The summed E-state index contributed by atoms with van der Waals surface area (Å²) in [6.45, 7) is 1.88. The molecule has 1 aromatic carbocycles. The van der Waals surface area contributed by atoms with Crippen LogP contribution in [0.25, 0.3) is 0 Å². The maximum absolute atomic E-state index is 8.68. The van der Waals surface area contributed by atoms with Gasteiger partial charge in [0.15, 0.2) is 6.10 Å². The van der Waals surface area contributed by atoms with Gasteiger partial charge in [-0.15, -0.1) is 0 Å². The lowest BCUT2D eigenvalue weighted by molar-refractivity contribution is 0.252. The SMILES string of the molecule is CCC(C#N)Oc1ccc(Cl)c(Cl)c1. The van der Waals surface area contributed by atoms with Gasteiger partial charge in [0.1, 0.15) is 11.8 Å². The van der Waals surface area contributed by atoms with E-state index in [1.165, 1.54) is 0 Å². The van der Waals surface area contributed by atoms with E-state index in [1.807, 2.05) is 13.0 Å². The zero-order chi connectivity index (χ0) is 10.6. The van der Waals surface area contributed by atoms with Gasteiger partial charge >= 0.3 is 0 Å². The number of halogens is 2. The van der Waals surface area contributed by atoms with Crippen LogP contribution in [0.5, 0.6) is 5.75 Å². The molecule has 0 saturated carbocycles. The van der Waals surface area contributed by atoms with E-state index in [2.05, 4.69) is 0 Å². The van der Waals surface area contributed by atoms with Crippen LogP contribution < -0.4 is 4.74 Å². The van der Waals surface area contributed by atoms with E-state index in [-0.39, 0.29) is 0 Å². The zero-order valence-corrected chi connectivity index (χ0v) is 9.14. The van der Waals surface area contributed by atoms with E-state index >= 15 is 0 Å². The summed E-state index contributed by atoms with van der Waals surface area (Å²) in [6, 6.07) is 6.97. The average molecular weight is 230 g/mol. The molecule has 0 fully saturated rings. The Balaban J connectivity index is 2.78. The molecular formula is C10H9Cl2NO. The van der Waals surface area contributed by atoms with Crippen LogP contribution in [0.2, 0.25) is 10.0 Å². The Bertz CT molecular complexity index is 360. The molecule has 0 amide bonds. The van der Waals surface area contributed by atoms with Crippen LogP contribution in [-0.2, 0) is 0 Å². The predicted octanol–water partition coefficient (Wildman–Crippen LogP) is 3.67. The molecule has 1 aromatic rings. The summed E-state index contributed by atoms with van der Waals surface area (Å²) in [5.74, 6) is 0.563. The third-order valence-electron chi connectivity index (χ3n) is 1.68. The van der Waals surface area contributed by atoms with Crippen molar-refractivity contribution >= 4 is 23.2 Å². The molecule has 0 bridgehead atoms. The Morgan fingerprint density at radius 1 is 1.43 bits per heavy atom. The molecule has 0 heterocycles. The van der Waals surface area contributed by atoms with Gasteiger partial charge in [-0.1, -0.05) is 30.1 Å². The number of ether oxygens (including phenoxy) is 1. The van der Waals surface area contributed by atoms with Gasteiger partial charge in [-0.3, -0.25) is 0 Å². The highest BCUT2D eigenvalue weighted by Crippen LogP contribution is 2.26. The van der Waals surface area contributed by atoms with Crippen molar-refractivity contribution in [1.29, 1.82) is 5.26 Å².